The number of nitrogens with two attached hydrogens (primary N) is 1. The van der Waals surface area contributed by atoms with E-state index in [1.54, 1.807) is 41.1 Å². The van der Waals surface area contributed by atoms with E-state index in [1.165, 1.54) is 0 Å². The maximum absolute atomic E-state index is 12.1. The lowest BCUT2D eigenvalue weighted by Crippen LogP contribution is -2.13. The lowest BCUT2D eigenvalue weighted by Gasteiger charge is -2.12. The number of rotatable bonds is 4. The van der Waals surface area contributed by atoms with Crippen LogP contribution in [0, 0.1) is 0 Å². The molecule has 0 aliphatic rings. The summed E-state index contributed by atoms with van der Waals surface area (Å²) in [6.45, 7) is 4.04. The fourth-order valence-electron chi connectivity index (χ4n) is 1.96. The van der Waals surface area contributed by atoms with Gasteiger partial charge in [0.2, 0.25) is 0 Å². The number of aromatic hydroxyl groups is 1. The number of aromatic nitrogens is 1. The Hall–Kier alpha value is -2.43. The maximum Gasteiger partial charge on any atom is 0.355 e. The minimum atomic E-state index is -0.432. The van der Waals surface area contributed by atoms with E-state index in [9.17, 15) is 9.90 Å². The van der Waals surface area contributed by atoms with Crippen molar-refractivity contribution in [3.63, 3.8) is 0 Å². The van der Waals surface area contributed by atoms with E-state index in [1.807, 2.05) is 13.8 Å². The number of phenolic OH excluding ortho intramolecular Hbond substituents is 1. The first-order valence-corrected chi connectivity index (χ1v) is 6.39. The van der Waals surface area contributed by atoms with Crippen molar-refractivity contribution in [2.24, 2.45) is 0 Å². The molecule has 0 spiro atoms. The van der Waals surface area contributed by atoms with Crippen LogP contribution in [0.2, 0.25) is 0 Å². The van der Waals surface area contributed by atoms with Gasteiger partial charge in [0.15, 0.2) is 0 Å². The molecule has 0 aliphatic carbocycles. The van der Waals surface area contributed by atoms with Crippen LogP contribution in [0.4, 0.5) is 5.69 Å². The molecule has 3 N–H and O–H groups in total. The Morgan fingerprint density at radius 2 is 2.15 bits per heavy atom. The van der Waals surface area contributed by atoms with Crippen molar-refractivity contribution in [2.75, 3.05) is 5.73 Å². The third-order valence-corrected chi connectivity index (χ3v) is 2.92. The molecule has 0 fully saturated rings. The van der Waals surface area contributed by atoms with Gasteiger partial charge >= 0.3 is 5.97 Å². The molecule has 0 unspecified atom stereocenters. The molecule has 20 heavy (non-hydrogen) atoms. The van der Waals surface area contributed by atoms with E-state index in [0.717, 1.165) is 5.56 Å². The number of nitrogen functional groups attached to an aromatic ring is 1. The number of hydrogen-bond donors (Lipinski definition) is 2. The number of phenols is 1. The average molecular weight is 274 g/mol. The van der Waals surface area contributed by atoms with E-state index >= 15 is 0 Å². The van der Waals surface area contributed by atoms with Crippen molar-refractivity contribution >= 4 is 11.7 Å². The number of ether oxygens (including phenoxy) is 1. The fourth-order valence-corrected chi connectivity index (χ4v) is 1.96. The molecule has 1 aromatic carbocycles. The van der Waals surface area contributed by atoms with Gasteiger partial charge in [-0.2, -0.15) is 0 Å². The summed E-state index contributed by atoms with van der Waals surface area (Å²) in [7, 11) is 0. The summed E-state index contributed by atoms with van der Waals surface area (Å²) in [6, 6.07) is 8.33. The van der Waals surface area contributed by atoms with Gasteiger partial charge in [-0.25, -0.2) is 4.79 Å². The molecule has 0 amide bonds. The Morgan fingerprint density at radius 3 is 2.80 bits per heavy atom. The first kappa shape index (κ1) is 14.0. The summed E-state index contributed by atoms with van der Waals surface area (Å²) in [5.74, 6) is -0.285. The predicted molar refractivity (Wildman–Crippen MR) is 76.5 cm³/mol. The Labute approximate surface area is 117 Å². The minimum Gasteiger partial charge on any atom is -0.508 e. The molecule has 0 aliphatic heterocycles. The monoisotopic (exact) mass is 274 g/mol. The molecule has 2 rings (SSSR count). The summed E-state index contributed by atoms with van der Waals surface area (Å²) in [4.78, 5) is 12.1. The SMILES string of the molecule is CC(C)n1cc(N)cc1C(=O)OCc1cccc(O)c1. The number of carbonyl (C=O) groups excluding carboxylic acids is 1. The Balaban J connectivity index is 2.09. The number of nitrogens with zero attached hydrogens (tertiary/aromatic N) is 1. The Bertz CT molecular complexity index is 617. The van der Waals surface area contributed by atoms with Gasteiger partial charge in [-0.15, -0.1) is 0 Å². The second kappa shape index (κ2) is 5.69. The van der Waals surface area contributed by atoms with Crippen LogP contribution in [0.3, 0.4) is 0 Å². The lowest BCUT2D eigenvalue weighted by molar-refractivity contribution is 0.0458. The van der Waals surface area contributed by atoms with Crippen molar-refractivity contribution < 1.29 is 14.6 Å². The lowest BCUT2D eigenvalue weighted by atomic mass is 10.2. The second-order valence-electron chi connectivity index (χ2n) is 4.91. The molecule has 0 saturated carbocycles. The minimum absolute atomic E-state index is 0.108. The van der Waals surface area contributed by atoms with E-state index in [0.29, 0.717) is 11.4 Å². The Morgan fingerprint density at radius 1 is 1.40 bits per heavy atom. The summed E-state index contributed by atoms with van der Waals surface area (Å²) < 4.78 is 7.02. The molecular formula is C15H18N2O3. The molecule has 1 heterocycles. The van der Waals surface area contributed by atoms with Crippen LogP contribution in [0.25, 0.3) is 0 Å². The highest BCUT2D eigenvalue weighted by Crippen LogP contribution is 2.18. The van der Waals surface area contributed by atoms with E-state index in [4.69, 9.17) is 10.5 Å². The van der Waals surface area contributed by atoms with Crippen molar-refractivity contribution in [2.45, 2.75) is 26.5 Å². The van der Waals surface area contributed by atoms with Crippen molar-refractivity contribution in [1.82, 2.24) is 4.57 Å². The number of esters is 1. The van der Waals surface area contributed by atoms with Crippen molar-refractivity contribution in [3.05, 3.63) is 47.8 Å². The van der Waals surface area contributed by atoms with Crippen LogP contribution >= 0.6 is 0 Å². The summed E-state index contributed by atoms with van der Waals surface area (Å²) in [5, 5.41) is 9.35. The summed E-state index contributed by atoms with van der Waals surface area (Å²) in [5.41, 5.74) is 7.41. The van der Waals surface area contributed by atoms with Crippen molar-refractivity contribution in [1.29, 1.82) is 0 Å². The number of anilines is 1. The molecule has 5 nitrogen and oxygen atoms in total. The first-order chi connectivity index (χ1) is 9.47. The first-order valence-electron chi connectivity index (χ1n) is 6.39. The molecule has 0 bridgehead atoms. The van der Waals surface area contributed by atoms with E-state index in [-0.39, 0.29) is 18.4 Å². The van der Waals surface area contributed by atoms with Crippen LogP contribution in [-0.2, 0) is 11.3 Å². The van der Waals surface area contributed by atoms with Crippen LogP contribution in [-0.4, -0.2) is 15.6 Å². The molecule has 0 radical (unpaired) electrons. The zero-order chi connectivity index (χ0) is 14.7. The highest BCUT2D eigenvalue weighted by Gasteiger charge is 2.16. The van der Waals surface area contributed by atoms with Crippen LogP contribution < -0.4 is 5.73 Å². The highest BCUT2D eigenvalue weighted by molar-refractivity contribution is 5.89. The Kier molecular flexibility index (Phi) is 3.98. The van der Waals surface area contributed by atoms with Gasteiger partial charge in [0.05, 0.1) is 5.69 Å². The van der Waals surface area contributed by atoms with Crippen LogP contribution in [0.5, 0.6) is 5.75 Å². The predicted octanol–water partition coefficient (Wildman–Crippen LogP) is 2.71. The fraction of sp³-hybridized carbons (Fsp3) is 0.267. The molecule has 1 aromatic heterocycles. The van der Waals surface area contributed by atoms with Gasteiger partial charge in [-0.1, -0.05) is 12.1 Å². The largest absolute Gasteiger partial charge is 0.508 e. The number of carbonyl (C=O) groups is 1. The quantitative estimate of drug-likeness (QED) is 0.840. The topological polar surface area (TPSA) is 77.5 Å². The highest BCUT2D eigenvalue weighted by atomic mass is 16.5. The molecule has 2 aromatic rings. The van der Waals surface area contributed by atoms with Crippen LogP contribution in [0.1, 0.15) is 35.9 Å². The third-order valence-electron chi connectivity index (χ3n) is 2.92. The average Bonchev–Trinajstić information content (AvgIpc) is 2.78. The van der Waals surface area contributed by atoms with Gasteiger partial charge in [0, 0.05) is 12.2 Å². The van der Waals surface area contributed by atoms with E-state index in [2.05, 4.69) is 0 Å². The van der Waals surface area contributed by atoms with Gasteiger partial charge in [0.25, 0.3) is 0 Å². The molecule has 0 saturated heterocycles. The normalized spacial score (nSPS) is 10.8. The van der Waals surface area contributed by atoms with Gasteiger partial charge in [-0.05, 0) is 37.6 Å². The molecule has 5 heteroatoms. The summed E-state index contributed by atoms with van der Waals surface area (Å²) in [6.07, 6.45) is 1.72. The molecular weight excluding hydrogens is 256 g/mol. The number of benzene rings is 1. The second-order valence-corrected chi connectivity index (χ2v) is 4.91. The standard InChI is InChI=1S/C15H18N2O3/c1-10(2)17-8-12(16)7-14(17)15(19)20-9-11-4-3-5-13(18)6-11/h3-8,10,18H,9,16H2,1-2H3. The van der Waals surface area contributed by atoms with Gasteiger partial charge in [0.1, 0.15) is 18.1 Å². The van der Waals surface area contributed by atoms with Gasteiger partial charge in [-0.3, -0.25) is 0 Å². The van der Waals surface area contributed by atoms with E-state index < -0.39 is 5.97 Å². The summed E-state index contributed by atoms with van der Waals surface area (Å²) >= 11 is 0. The molecule has 0 atom stereocenters. The zero-order valence-electron chi connectivity index (χ0n) is 11.5. The smallest absolute Gasteiger partial charge is 0.355 e. The van der Waals surface area contributed by atoms with Crippen molar-refractivity contribution in [3.8, 4) is 5.75 Å². The van der Waals surface area contributed by atoms with Gasteiger partial charge < -0.3 is 20.1 Å². The maximum atomic E-state index is 12.1. The number of hydrogen-bond acceptors (Lipinski definition) is 4. The zero-order valence-corrected chi connectivity index (χ0v) is 11.5. The molecule has 106 valence electrons. The van der Waals surface area contributed by atoms with Crippen LogP contribution in [0.15, 0.2) is 36.5 Å². The third kappa shape index (κ3) is 3.12.